The van der Waals surface area contributed by atoms with Crippen molar-refractivity contribution in [3.8, 4) is 0 Å². The number of hydrogen-bond acceptors (Lipinski definition) is 7. The maximum absolute atomic E-state index is 5.42. The first kappa shape index (κ1) is 14.4. The van der Waals surface area contributed by atoms with E-state index < -0.39 is 0 Å². The normalized spacial score (nSPS) is 23.1. The average Bonchev–Trinajstić information content (AvgIpc) is 3.06. The van der Waals surface area contributed by atoms with Crippen molar-refractivity contribution < 1.29 is 18.7 Å². The first-order chi connectivity index (χ1) is 9.35. The molecule has 1 aromatic heterocycles. The number of methoxy groups -OCH3 is 1. The van der Waals surface area contributed by atoms with Crippen molar-refractivity contribution in [3.05, 3.63) is 11.7 Å². The maximum Gasteiger partial charge on any atom is 0.233 e. The third kappa shape index (κ3) is 3.97. The van der Waals surface area contributed by atoms with Gasteiger partial charge in [-0.1, -0.05) is 5.16 Å². The molecule has 1 N–H and O–H groups in total. The van der Waals surface area contributed by atoms with Gasteiger partial charge in [-0.15, -0.1) is 0 Å². The topological polar surface area (TPSA) is 78.6 Å². The van der Waals surface area contributed by atoms with Crippen molar-refractivity contribution >= 4 is 0 Å². The fourth-order valence-electron chi connectivity index (χ4n) is 2.01. The Balaban J connectivity index is 1.78. The van der Waals surface area contributed by atoms with Crippen LogP contribution in [0.5, 0.6) is 0 Å². The van der Waals surface area contributed by atoms with Gasteiger partial charge in [-0.25, -0.2) is 0 Å². The molecule has 0 bridgehead atoms. The number of aromatic nitrogens is 2. The number of nitrogens with zero attached hydrogens (tertiary/aromatic N) is 2. The molecule has 2 rings (SSSR count). The van der Waals surface area contributed by atoms with Crippen LogP contribution in [0.2, 0.25) is 0 Å². The Labute approximate surface area is 112 Å². The third-order valence-corrected chi connectivity index (χ3v) is 3.15. The van der Waals surface area contributed by atoms with Crippen LogP contribution in [0.15, 0.2) is 4.52 Å². The minimum atomic E-state index is 0.139. The fourth-order valence-corrected chi connectivity index (χ4v) is 2.01. The second-order valence-electron chi connectivity index (χ2n) is 4.44. The lowest BCUT2D eigenvalue weighted by Gasteiger charge is -2.11. The number of nitrogens with one attached hydrogen (secondary N) is 1. The van der Waals surface area contributed by atoms with E-state index in [4.69, 9.17) is 18.7 Å². The zero-order valence-electron chi connectivity index (χ0n) is 11.4. The molecule has 7 heteroatoms. The maximum atomic E-state index is 5.42. The zero-order valence-corrected chi connectivity index (χ0v) is 11.4. The minimum Gasteiger partial charge on any atom is -0.382 e. The van der Waals surface area contributed by atoms with Crippen LogP contribution < -0.4 is 5.32 Å². The first-order valence-electron chi connectivity index (χ1n) is 6.49. The van der Waals surface area contributed by atoms with Gasteiger partial charge in [-0.05, 0) is 7.05 Å². The highest BCUT2D eigenvalue weighted by Crippen LogP contribution is 2.24. The lowest BCUT2D eigenvalue weighted by atomic mass is 10.0. The summed E-state index contributed by atoms with van der Waals surface area (Å²) in [5, 5.41) is 7.16. The quantitative estimate of drug-likeness (QED) is 0.665. The van der Waals surface area contributed by atoms with E-state index in [9.17, 15) is 0 Å². The molecular formula is C12H21N3O4. The number of likely N-dealkylation sites (N-methyl/N-ethyl adjacent to an activating group) is 1. The Kier molecular flexibility index (Phi) is 5.71. The lowest BCUT2D eigenvalue weighted by molar-refractivity contribution is 0.0714. The Morgan fingerprint density at radius 2 is 2.21 bits per heavy atom. The highest BCUT2D eigenvalue weighted by Gasteiger charge is 2.32. The van der Waals surface area contributed by atoms with Crippen LogP contribution in [0.3, 0.4) is 0 Å². The van der Waals surface area contributed by atoms with Gasteiger partial charge >= 0.3 is 0 Å². The molecule has 1 fully saturated rings. The molecule has 0 saturated carbocycles. The fraction of sp³-hybridized carbons (Fsp3) is 0.833. The molecule has 2 unspecified atom stereocenters. The van der Waals surface area contributed by atoms with E-state index >= 15 is 0 Å². The van der Waals surface area contributed by atoms with E-state index in [0.717, 1.165) is 0 Å². The van der Waals surface area contributed by atoms with Gasteiger partial charge in [-0.2, -0.15) is 4.98 Å². The molecule has 108 valence electrons. The highest BCUT2D eigenvalue weighted by molar-refractivity contribution is 5.02. The van der Waals surface area contributed by atoms with Gasteiger partial charge in [0.15, 0.2) is 5.82 Å². The number of rotatable bonds is 8. The van der Waals surface area contributed by atoms with E-state index in [1.165, 1.54) is 0 Å². The molecule has 1 aliphatic rings. The standard InChI is InChI=1S/C12H21N3O4/c1-13-10-8-18-7-9(10)12-14-11(15-19-12)3-4-17-6-5-16-2/h9-10,13H,3-8H2,1-2H3. The predicted molar refractivity (Wildman–Crippen MR) is 67.1 cm³/mol. The average molecular weight is 271 g/mol. The summed E-state index contributed by atoms with van der Waals surface area (Å²) in [6, 6.07) is 0.242. The van der Waals surface area contributed by atoms with Crippen LogP contribution in [0, 0.1) is 0 Å². The summed E-state index contributed by atoms with van der Waals surface area (Å²) in [5.41, 5.74) is 0. The van der Waals surface area contributed by atoms with Gasteiger partial charge in [0, 0.05) is 19.6 Å². The van der Waals surface area contributed by atoms with Crippen molar-refractivity contribution in [1.82, 2.24) is 15.5 Å². The Morgan fingerprint density at radius 3 is 3.00 bits per heavy atom. The zero-order chi connectivity index (χ0) is 13.5. The molecule has 2 heterocycles. The smallest absolute Gasteiger partial charge is 0.233 e. The molecule has 0 aliphatic carbocycles. The Hall–Kier alpha value is -1.02. The molecule has 0 spiro atoms. The van der Waals surface area contributed by atoms with Gasteiger partial charge in [0.25, 0.3) is 0 Å². The summed E-state index contributed by atoms with van der Waals surface area (Å²) in [6.07, 6.45) is 0.644. The molecule has 1 aromatic rings. The van der Waals surface area contributed by atoms with Crippen molar-refractivity contribution in [2.24, 2.45) is 0 Å². The molecule has 19 heavy (non-hydrogen) atoms. The van der Waals surface area contributed by atoms with Crippen LogP contribution in [0.4, 0.5) is 0 Å². The van der Waals surface area contributed by atoms with Crippen LogP contribution in [-0.4, -0.2) is 63.4 Å². The van der Waals surface area contributed by atoms with E-state index in [1.54, 1.807) is 7.11 Å². The van der Waals surface area contributed by atoms with Crippen molar-refractivity contribution in [1.29, 1.82) is 0 Å². The molecule has 1 aliphatic heterocycles. The molecule has 1 saturated heterocycles. The highest BCUT2D eigenvalue weighted by atomic mass is 16.5. The van der Waals surface area contributed by atoms with Gasteiger partial charge in [0.1, 0.15) is 0 Å². The SMILES string of the molecule is CNC1COCC1c1nc(CCOCCOC)no1. The molecule has 0 amide bonds. The van der Waals surface area contributed by atoms with Gasteiger partial charge in [0.05, 0.1) is 39.0 Å². The Bertz CT molecular complexity index is 372. The predicted octanol–water partition coefficient (Wildman–Crippen LogP) is -0.0231. The van der Waals surface area contributed by atoms with E-state index in [2.05, 4.69) is 15.5 Å². The van der Waals surface area contributed by atoms with Crippen LogP contribution in [0.1, 0.15) is 17.6 Å². The van der Waals surface area contributed by atoms with E-state index in [1.807, 2.05) is 7.05 Å². The molecular weight excluding hydrogens is 250 g/mol. The third-order valence-electron chi connectivity index (χ3n) is 3.15. The Morgan fingerprint density at radius 1 is 1.32 bits per heavy atom. The van der Waals surface area contributed by atoms with Gasteiger partial charge in [-0.3, -0.25) is 0 Å². The van der Waals surface area contributed by atoms with E-state index in [-0.39, 0.29) is 12.0 Å². The summed E-state index contributed by atoms with van der Waals surface area (Å²) in [4.78, 5) is 4.40. The minimum absolute atomic E-state index is 0.139. The molecule has 7 nitrogen and oxygen atoms in total. The van der Waals surface area contributed by atoms with Crippen LogP contribution in [0.25, 0.3) is 0 Å². The summed E-state index contributed by atoms with van der Waals surface area (Å²) in [7, 11) is 3.56. The second-order valence-corrected chi connectivity index (χ2v) is 4.44. The summed E-state index contributed by atoms with van der Waals surface area (Å²) in [6.45, 7) is 3.05. The monoisotopic (exact) mass is 271 g/mol. The van der Waals surface area contributed by atoms with Crippen LogP contribution in [-0.2, 0) is 20.6 Å². The largest absolute Gasteiger partial charge is 0.382 e. The van der Waals surface area contributed by atoms with Crippen molar-refractivity contribution in [2.75, 3.05) is 47.2 Å². The molecule has 0 radical (unpaired) electrons. The summed E-state index contributed by atoms with van der Waals surface area (Å²) in [5.74, 6) is 1.46. The lowest BCUT2D eigenvalue weighted by Crippen LogP contribution is -2.31. The van der Waals surface area contributed by atoms with Gasteiger partial charge in [0.2, 0.25) is 5.89 Å². The second kappa shape index (κ2) is 7.54. The van der Waals surface area contributed by atoms with Gasteiger partial charge < -0.3 is 24.1 Å². The number of hydrogen-bond donors (Lipinski definition) is 1. The summed E-state index contributed by atoms with van der Waals surface area (Å²) >= 11 is 0. The number of ether oxygens (including phenoxy) is 3. The molecule has 0 aromatic carbocycles. The molecule has 2 atom stereocenters. The van der Waals surface area contributed by atoms with Crippen molar-refractivity contribution in [2.45, 2.75) is 18.4 Å². The van der Waals surface area contributed by atoms with E-state index in [0.29, 0.717) is 51.2 Å². The summed E-state index contributed by atoms with van der Waals surface area (Å²) < 4.78 is 21.0. The van der Waals surface area contributed by atoms with Crippen molar-refractivity contribution in [3.63, 3.8) is 0 Å². The first-order valence-corrected chi connectivity index (χ1v) is 6.49. The van der Waals surface area contributed by atoms with Crippen LogP contribution >= 0.6 is 0 Å².